The maximum absolute atomic E-state index is 12.6. The van der Waals surface area contributed by atoms with Crippen LogP contribution in [0.3, 0.4) is 0 Å². The number of rotatable bonds is 7. The van der Waals surface area contributed by atoms with E-state index in [1.54, 1.807) is 4.57 Å². The van der Waals surface area contributed by atoms with Crippen molar-refractivity contribution in [2.75, 3.05) is 16.4 Å². The summed E-state index contributed by atoms with van der Waals surface area (Å²) in [6.45, 7) is 5.32. The van der Waals surface area contributed by atoms with Crippen molar-refractivity contribution < 1.29 is 14.2 Å². The zero-order valence-electron chi connectivity index (χ0n) is 18.2. The highest BCUT2D eigenvalue weighted by molar-refractivity contribution is 7.99. The molecule has 168 valence electrons. The van der Waals surface area contributed by atoms with Crippen LogP contribution in [0.2, 0.25) is 0 Å². The molecule has 2 heterocycles. The SMILES string of the molecule is CC(=O)Nc1nonc1-c1nnc(SCC(=O)Nc2cccc(C)c2C)n1-c1ccccc1. The van der Waals surface area contributed by atoms with E-state index >= 15 is 0 Å². The van der Waals surface area contributed by atoms with Gasteiger partial charge in [0.1, 0.15) is 0 Å². The summed E-state index contributed by atoms with van der Waals surface area (Å²) in [5, 5.41) is 22.1. The highest BCUT2D eigenvalue weighted by Gasteiger charge is 2.24. The Bertz CT molecular complexity index is 1300. The summed E-state index contributed by atoms with van der Waals surface area (Å²) in [6, 6.07) is 15.2. The fourth-order valence-corrected chi connectivity index (χ4v) is 3.87. The monoisotopic (exact) mass is 463 g/mol. The number of aryl methyl sites for hydroxylation is 1. The van der Waals surface area contributed by atoms with E-state index in [1.165, 1.54) is 18.7 Å². The second kappa shape index (κ2) is 9.65. The molecule has 0 aliphatic heterocycles. The Morgan fingerprint density at radius 2 is 1.79 bits per heavy atom. The highest BCUT2D eigenvalue weighted by atomic mass is 32.2. The summed E-state index contributed by atoms with van der Waals surface area (Å²) in [7, 11) is 0. The molecular weight excluding hydrogens is 442 g/mol. The van der Waals surface area contributed by atoms with Crippen LogP contribution in [-0.4, -0.2) is 42.6 Å². The van der Waals surface area contributed by atoms with Crippen molar-refractivity contribution in [2.24, 2.45) is 0 Å². The van der Waals surface area contributed by atoms with E-state index in [0.29, 0.717) is 11.0 Å². The van der Waals surface area contributed by atoms with Gasteiger partial charge in [-0.2, -0.15) is 0 Å². The minimum Gasteiger partial charge on any atom is -0.325 e. The lowest BCUT2D eigenvalue weighted by Crippen LogP contribution is -2.15. The maximum atomic E-state index is 12.6. The van der Waals surface area contributed by atoms with Crippen LogP contribution >= 0.6 is 11.8 Å². The second-order valence-electron chi connectivity index (χ2n) is 7.20. The van der Waals surface area contributed by atoms with Gasteiger partial charge in [-0.1, -0.05) is 42.1 Å². The van der Waals surface area contributed by atoms with Crippen LogP contribution in [-0.2, 0) is 9.59 Å². The van der Waals surface area contributed by atoms with Crippen molar-refractivity contribution in [1.82, 2.24) is 25.1 Å². The third-order valence-electron chi connectivity index (χ3n) is 4.85. The van der Waals surface area contributed by atoms with Crippen molar-refractivity contribution in [1.29, 1.82) is 0 Å². The van der Waals surface area contributed by atoms with Gasteiger partial charge in [-0.15, -0.1) is 10.2 Å². The molecule has 33 heavy (non-hydrogen) atoms. The molecule has 10 nitrogen and oxygen atoms in total. The van der Waals surface area contributed by atoms with E-state index in [1.807, 2.05) is 62.4 Å². The molecule has 0 atom stereocenters. The van der Waals surface area contributed by atoms with Gasteiger partial charge in [0.05, 0.1) is 5.75 Å². The molecule has 0 radical (unpaired) electrons. The van der Waals surface area contributed by atoms with Gasteiger partial charge in [-0.05, 0) is 53.5 Å². The first kappa shape index (κ1) is 22.2. The fraction of sp³-hybridized carbons (Fsp3) is 0.182. The fourth-order valence-electron chi connectivity index (χ4n) is 3.11. The van der Waals surface area contributed by atoms with Gasteiger partial charge in [0, 0.05) is 18.3 Å². The molecule has 0 fully saturated rings. The van der Waals surface area contributed by atoms with Gasteiger partial charge < -0.3 is 10.6 Å². The first-order chi connectivity index (χ1) is 15.9. The van der Waals surface area contributed by atoms with Gasteiger partial charge >= 0.3 is 0 Å². The molecule has 2 aromatic heterocycles. The number of nitrogens with one attached hydrogen (secondary N) is 2. The van der Waals surface area contributed by atoms with Crippen molar-refractivity contribution >= 4 is 35.1 Å². The molecule has 4 aromatic rings. The number of carbonyl (C=O) groups excluding carboxylic acids is 2. The van der Waals surface area contributed by atoms with Gasteiger partial charge in [-0.25, -0.2) is 4.63 Å². The minimum absolute atomic E-state index is 0.119. The summed E-state index contributed by atoms with van der Waals surface area (Å²) in [5.74, 6) is 0.0869. The molecule has 0 aliphatic carbocycles. The zero-order chi connectivity index (χ0) is 23.4. The number of hydrogen-bond acceptors (Lipinski definition) is 8. The Hall–Kier alpha value is -3.99. The first-order valence-electron chi connectivity index (χ1n) is 10.0. The predicted octanol–water partition coefficient (Wildman–Crippen LogP) is 3.62. The van der Waals surface area contributed by atoms with Gasteiger partial charge in [0.15, 0.2) is 16.7 Å². The number of benzene rings is 2. The predicted molar refractivity (Wildman–Crippen MR) is 124 cm³/mol. The number of aromatic nitrogens is 5. The van der Waals surface area contributed by atoms with Gasteiger partial charge in [-0.3, -0.25) is 14.2 Å². The van der Waals surface area contributed by atoms with Crippen molar-refractivity contribution in [2.45, 2.75) is 25.9 Å². The summed E-state index contributed by atoms with van der Waals surface area (Å²) in [6.07, 6.45) is 0. The third kappa shape index (κ3) is 4.93. The molecule has 0 aliphatic rings. The number of hydrogen-bond donors (Lipinski definition) is 2. The molecule has 0 saturated carbocycles. The molecule has 2 amide bonds. The molecule has 0 saturated heterocycles. The van der Waals surface area contributed by atoms with Crippen LogP contribution in [0.5, 0.6) is 0 Å². The smallest absolute Gasteiger partial charge is 0.234 e. The maximum Gasteiger partial charge on any atom is 0.234 e. The molecular formula is C22H21N7O3S. The van der Waals surface area contributed by atoms with Gasteiger partial charge in [0.2, 0.25) is 17.6 Å². The lowest BCUT2D eigenvalue weighted by molar-refractivity contribution is -0.114. The molecule has 2 N–H and O–H groups in total. The summed E-state index contributed by atoms with van der Waals surface area (Å²) in [4.78, 5) is 24.1. The largest absolute Gasteiger partial charge is 0.325 e. The van der Waals surface area contributed by atoms with Crippen LogP contribution in [0.4, 0.5) is 11.5 Å². The molecule has 0 unspecified atom stereocenters. The lowest BCUT2D eigenvalue weighted by atomic mass is 10.1. The lowest BCUT2D eigenvalue weighted by Gasteiger charge is -2.11. The van der Waals surface area contributed by atoms with Crippen LogP contribution in [0, 0.1) is 13.8 Å². The standard InChI is InChI=1S/C22H21N7O3S/c1-13-8-7-11-17(14(13)2)24-18(31)12-33-22-26-25-21(29(22)16-9-5-4-6-10-16)19-20(23-15(3)30)28-32-27-19/h4-11H,12H2,1-3H3,(H,24,31)(H,23,28,30). The van der Waals surface area contributed by atoms with Crippen LogP contribution < -0.4 is 10.6 Å². The normalized spacial score (nSPS) is 10.8. The summed E-state index contributed by atoms with van der Waals surface area (Å²) in [5.41, 5.74) is 3.89. The van der Waals surface area contributed by atoms with Gasteiger partial charge in [0.25, 0.3) is 0 Å². The second-order valence-corrected chi connectivity index (χ2v) is 8.15. The third-order valence-corrected chi connectivity index (χ3v) is 5.78. The van der Waals surface area contributed by atoms with E-state index < -0.39 is 0 Å². The minimum atomic E-state index is -0.324. The van der Waals surface area contributed by atoms with E-state index in [4.69, 9.17) is 4.63 Å². The molecule has 4 rings (SSSR count). The zero-order valence-corrected chi connectivity index (χ0v) is 19.0. The number of thioether (sulfide) groups is 1. The van der Waals surface area contributed by atoms with E-state index in [0.717, 1.165) is 22.5 Å². The Balaban J connectivity index is 1.61. The van der Waals surface area contributed by atoms with Crippen LogP contribution in [0.1, 0.15) is 18.1 Å². The Morgan fingerprint density at radius 1 is 1.00 bits per heavy atom. The van der Waals surface area contributed by atoms with E-state index in [2.05, 4.69) is 31.1 Å². The summed E-state index contributed by atoms with van der Waals surface area (Å²) < 4.78 is 6.56. The number of carbonyl (C=O) groups is 2. The summed E-state index contributed by atoms with van der Waals surface area (Å²) >= 11 is 1.23. The van der Waals surface area contributed by atoms with Crippen molar-refractivity contribution in [3.8, 4) is 17.2 Å². The molecule has 11 heteroatoms. The van der Waals surface area contributed by atoms with E-state index in [-0.39, 0.29) is 29.1 Å². The first-order valence-corrected chi connectivity index (χ1v) is 11.0. The number of nitrogens with zero attached hydrogens (tertiary/aromatic N) is 5. The number of para-hydroxylation sites is 1. The quantitative estimate of drug-likeness (QED) is 0.398. The van der Waals surface area contributed by atoms with Crippen molar-refractivity contribution in [3.63, 3.8) is 0 Å². The molecule has 0 bridgehead atoms. The Kier molecular flexibility index (Phi) is 6.50. The van der Waals surface area contributed by atoms with Crippen LogP contribution in [0.25, 0.3) is 17.2 Å². The van der Waals surface area contributed by atoms with Crippen LogP contribution in [0.15, 0.2) is 58.3 Å². The van der Waals surface area contributed by atoms with E-state index in [9.17, 15) is 9.59 Å². The number of anilines is 2. The average Bonchev–Trinajstić information content (AvgIpc) is 3.42. The Morgan fingerprint density at radius 3 is 2.55 bits per heavy atom. The Labute approximate surface area is 193 Å². The highest BCUT2D eigenvalue weighted by Crippen LogP contribution is 2.30. The average molecular weight is 464 g/mol. The molecule has 2 aromatic carbocycles. The number of amides is 2. The van der Waals surface area contributed by atoms with Crippen molar-refractivity contribution in [3.05, 3.63) is 59.7 Å². The molecule has 0 spiro atoms. The topological polar surface area (TPSA) is 128 Å².